The van der Waals surface area contributed by atoms with Crippen molar-refractivity contribution in [2.24, 2.45) is 0 Å². The van der Waals surface area contributed by atoms with Crippen LogP contribution in [0.15, 0.2) is 45.6 Å². The normalized spacial score (nSPS) is 17.8. The zero-order valence-electron chi connectivity index (χ0n) is 23.1. The molecule has 1 saturated heterocycles. The van der Waals surface area contributed by atoms with Crippen LogP contribution in [0, 0.1) is 6.92 Å². The molecule has 0 bridgehead atoms. The number of amides is 2. The summed E-state index contributed by atoms with van der Waals surface area (Å²) in [5.74, 6) is 3.30. The highest BCUT2D eigenvalue weighted by Crippen LogP contribution is 2.40. The van der Waals surface area contributed by atoms with Gasteiger partial charge in [0, 0.05) is 49.4 Å². The largest absolute Gasteiger partial charge is 0.497 e. The molecule has 212 valence electrons. The molecule has 0 spiro atoms. The number of carbonyl (C=O) groups excluding carboxylic acids is 1. The third-order valence-electron chi connectivity index (χ3n) is 8.24. The molecule has 0 atom stereocenters. The topological polar surface area (TPSA) is 126 Å². The molecule has 11 nitrogen and oxygen atoms in total. The van der Waals surface area contributed by atoms with Gasteiger partial charge < -0.3 is 29.0 Å². The Morgan fingerprint density at radius 3 is 2.59 bits per heavy atom. The molecule has 41 heavy (non-hydrogen) atoms. The van der Waals surface area contributed by atoms with E-state index in [1.165, 1.54) is 0 Å². The maximum absolute atomic E-state index is 13.1. The third kappa shape index (κ3) is 5.07. The number of fused-ring (bicyclic) bond motifs is 2. The summed E-state index contributed by atoms with van der Waals surface area (Å²) in [6.07, 6.45) is 4.61. The number of oxazole rings is 1. The number of nitrogens with zero attached hydrogens (tertiary/aromatic N) is 4. The van der Waals surface area contributed by atoms with E-state index in [2.05, 4.69) is 15.2 Å². The minimum atomic E-state index is -0.494. The smallest absolute Gasteiger partial charge is 0.417 e. The van der Waals surface area contributed by atoms with Gasteiger partial charge in [-0.2, -0.15) is 4.98 Å². The second kappa shape index (κ2) is 10.1. The molecule has 2 amide bonds. The second-order valence-corrected chi connectivity index (χ2v) is 11.0. The Kier molecular flexibility index (Phi) is 6.29. The van der Waals surface area contributed by atoms with Crippen molar-refractivity contribution in [3.63, 3.8) is 0 Å². The fraction of sp³-hybridized carbons (Fsp3) is 0.400. The maximum atomic E-state index is 13.1. The number of methoxy groups -OCH3 is 1. The van der Waals surface area contributed by atoms with Crippen LogP contribution in [0.4, 0.5) is 16.3 Å². The highest BCUT2D eigenvalue weighted by molar-refractivity contribution is 5.91. The lowest BCUT2D eigenvalue weighted by molar-refractivity contribution is 0.177. The standard InChI is InChI=1S/C30H32N6O5/c1-17-13-22(15-24-27(17)34-30(38)41-24)40-26-16-25(32-28(33-26)18-3-4-18)35-10-8-20(9-11-35)36-12-7-19-14-21(39-2)5-6-23(19)31-29(36)37/h5-6,13-16,18,20H,3-4,7-12H2,1-2H3,(H,31,37)(H,34,38). The lowest BCUT2D eigenvalue weighted by Gasteiger charge is -2.38. The van der Waals surface area contributed by atoms with Crippen molar-refractivity contribution in [3.8, 4) is 17.4 Å². The van der Waals surface area contributed by atoms with E-state index in [1.54, 1.807) is 13.2 Å². The third-order valence-corrected chi connectivity index (χ3v) is 8.24. The molecule has 2 fully saturated rings. The van der Waals surface area contributed by atoms with E-state index in [4.69, 9.17) is 23.9 Å². The van der Waals surface area contributed by atoms with Crippen molar-refractivity contribution in [2.75, 3.05) is 37.0 Å². The molecule has 3 aliphatic rings. The number of aryl methyl sites for hydroxylation is 1. The zero-order chi connectivity index (χ0) is 28.1. The summed E-state index contributed by atoms with van der Waals surface area (Å²) in [5, 5.41) is 3.09. The number of aromatic amines is 1. The number of ether oxygens (including phenoxy) is 2. The molecule has 1 aliphatic carbocycles. The maximum Gasteiger partial charge on any atom is 0.417 e. The average Bonchev–Trinajstić information content (AvgIpc) is 3.77. The first-order chi connectivity index (χ1) is 19.9. The van der Waals surface area contributed by atoms with Crippen LogP contribution in [0.5, 0.6) is 17.4 Å². The second-order valence-electron chi connectivity index (χ2n) is 11.0. The van der Waals surface area contributed by atoms with Gasteiger partial charge in [0.05, 0.1) is 12.6 Å². The number of rotatable bonds is 6. The molecule has 0 unspecified atom stereocenters. The van der Waals surface area contributed by atoms with Gasteiger partial charge in [-0.3, -0.25) is 4.98 Å². The predicted octanol–water partition coefficient (Wildman–Crippen LogP) is 4.96. The molecule has 1 saturated carbocycles. The van der Waals surface area contributed by atoms with Gasteiger partial charge in [-0.05, 0) is 74.4 Å². The van der Waals surface area contributed by atoms with Crippen molar-refractivity contribution in [3.05, 3.63) is 63.9 Å². The van der Waals surface area contributed by atoms with Crippen LogP contribution in [-0.2, 0) is 6.42 Å². The van der Waals surface area contributed by atoms with Gasteiger partial charge in [0.1, 0.15) is 23.1 Å². The molecule has 4 aromatic rings. The predicted molar refractivity (Wildman–Crippen MR) is 153 cm³/mol. The number of aromatic nitrogens is 3. The Labute approximate surface area is 236 Å². The highest BCUT2D eigenvalue weighted by atomic mass is 16.5. The molecule has 2 aliphatic heterocycles. The molecular weight excluding hydrogens is 524 g/mol. The number of nitrogens with one attached hydrogen (secondary N) is 2. The van der Waals surface area contributed by atoms with E-state index in [1.807, 2.05) is 42.2 Å². The van der Waals surface area contributed by atoms with Crippen molar-refractivity contribution >= 4 is 28.6 Å². The average molecular weight is 557 g/mol. The van der Waals surface area contributed by atoms with E-state index in [0.717, 1.165) is 79.4 Å². The van der Waals surface area contributed by atoms with Gasteiger partial charge >= 0.3 is 11.8 Å². The van der Waals surface area contributed by atoms with Gasteiger partial charge in [0.2, 0.25) is 5.88 Å². The van der Waals surface area contributed by atoms with Crippen molar-refractivity contribution in [2.45, 2.75) is 51.0 Å². The van der Waals surface area contributed by atoms with Gasteiger partial charge in [-0.15, -0.1) is 0 Å². The van der Waals surface area contributed by atoms with Gasteiger partial charge in [0.15, 0.2) is 5.58 Å². The molecule has 4 heterocycles. The molecule has 2 aromatic heterocycles. The number of piperidine rings is 1. The monoisotopic (exact) mass is 556 g/mol. The van der Waals surface area contributed by atoms with E-state index in [9.17, 15) is 9.59 Å². The lowest BCUT2D eigenvalue weighted by Crippen LogP contribution is -2.49. The lowest BCUT2D eigenvalue weighted by atomic mass is 10.0. The van der Waals surface area contributed by atoms with E-state index >= 15 is 0 Å². The van der Waals surface area contributed by atoms with Crippen molar-refractivity contribution in [1.82, 2.24) is 19.9 Å². The summed E-state index contributed by atoms with van der Waals surface area (Å²) in [6.45, 7) is 4.11. The van der Waals surface area contributed by atoms with Gasteiger partial charge in [-0.1, -0.05) is 0 Å². The van der Waals surface area contributed by atoms with Crippen molar-refractivity contribution < 1.29 is 18.7 Å². The Morgan fingerprint density at radius 2 is 1.80 bits per heavy atom. The van der Waals surface area contributed by atoms with Crippen LogP contribution in [0.3, 0.4) is 0 Å². The Hall–Kier alpha value is -4.54. The number of hydrogen-bond donors (Lipinski definition) is 2. The fourth-order valence-electron chi connectivity index (χ4n) is 5.85. The van der Waals surface area contributed by atoms with E-state index in [-0.39, 0.29) is 12.1 Å². The summed E-state index contributed by atoms with van der Waals surface area (Å²) < 4.78 is 16.8. The molecule has 7 rings (SSSR count). The summed E-state index contributed by atoms with van der Waals surface area (Å²) in [5.41, 5.74) is 3.90. The number of benzene rings is 2. The Bertz CT molecular complexity index is 1680. The van der Waals surface area contributed by atoms with Crippen LogP contribution in [-0.4, -0.2) is 58.7 Å². The van der Waals surface area contributed by atoms with Crippen LogP contribution in [0.2, 0.25) is 0 Å². The van der Waals surface area contributed by atoms with Crippen LogP contribution in [0.1, 0.15) is 48.6 Å². The SMILES string of the molecule is COc1ccc2c(c1)CCN(C1CCN(c3cc(Oc4cc(C)c5[nH]c(=O)oc5c4)nc(C4CC4)n3)CC1)C(=O)N2. The summed E-state index contributed by atoms with van der Waals surface area (Å²) in [7, 11) is 1.65. The quantitative estimate of drug-likeness (QED) is 0.342. The fourth-order valence-corrected chi connectivity index (χ4v) is 5.85. The molecule has 2 N–H and O–H groups in total. The number of carbonyl (C=O) groups is 1. The minimum Gasteiger partial charge on any atom is -0.497 e. The minimum absolute atomic E-state index is 0.0494. The van der Waals surface area contributed by atoms with Gasteiger partial charge in [0.25, 0.3) is 0 Å². The number of anilines is 2. The number of urea groups is 1. The Morgan fingerprint density at radius 1 is 0.976 bits per heavy atom. The van der Waals surface area contributed by atoms with Gasteiger partial charge in [-0.25, -0.2) is 14.6 Å². The van der Waals surface area contributed by atoms with Crippen molar-refractivity contribution in [1.29, 1.82) is 0 Å². The van der Waals surface area contributed by atoms with E-state index in [0.29, 0.717) is 35.2 Å². The molecular formula is C30H32N6O5. The molecule has 0 radical (unpaired) electrons. The first-order valence-electron chi connectivity index (χ1n) is 14.1. The zero-order valence-corrected chi connectivity index (χ0v) is 23.1. The summed E-state index contributed by atoms with van der Waals surface area (Å²) in [6, 6.07) is 11.3. The first kappa shape index (κ1) is 25.4. The summed E-state index contributed by atoms with van der Waals surface area (Å²) in [4.78, 5) is 41.4. The Balaban J connectivity index is 1.07. The van der Waals surface area contributed by atoms with Crippen LogP contribution < -0.4 is 25.4 Å². The number of H-pyrrole nitrogens is 1. The molecule has 11 heteroatoms. The van der Waals surface area contributed by atoms with E-state index < -0.39 is 5.76 Å². The number of hydrogen-bond acceptors (Lipinski definition) is 8. The van der Waals surface area contributed by atoms with Crippen LogP contribution >= 0.6 is 0 Å². The molecule has 2 aromatic carbocycles. The highest BCUT2D eigenvalue weighted by Gasteiger charge is 2.32. The summed E-state index contributed by atoms with van der Waals surface area (Å²) >= 11 is 0. The first-order valence-corrected chi connectivity index (χ1v) is 14.1. The van der Waals surface area contributed by atoms with Crippen LogP contribution in [0.25, 0.3) is 11.1 Å².